The molecule has 21 heavy (non-hydrogen) atoms. The van der Waals surface area contributed by atoms with E-state index >= 15 is 0 Å². The summed E-state index contributed by atoms with van der Waals surface area (Å²) in [5.74, 6) is 0. The van der Waals surface area contributed by atoms with Crippen molar-refractivity contribution in [3.05, 3.63) is 29.3 Å². The zero-order valence-electron chi connectivity index (χ0n) is 12.3. The molecule has 0 amide bonds. The lowest BCUT2D eigenvalue weighted by Gasteiger charge is -2.31. The Morgan fingerprint density at radius 3 is 2.76 bits per heavy atom. The number of hydrogen-bond acceptors (Lipinski definition) is 4. The van der Waals surface area contributed by atoms with Crippen LogP contribution < -0.4 is 5.32 Å². The Balaban J connectivity index is 1.89. The molecule has 116 valence electrons. The normalized spacial score (nSPS) is 21.2. The second-order valence-corrected chi connectivity index (χ2v) is 7.57. The molecular weight excluding hydrogens is 288 g/mol. The summed E-state index contributed by atoms with van der Waals surface area (Å²) in [6.45, 7) is 2.68. The van der Waals surface area contributed by atoms with Crippen LogP contribution in [0, 0.1) is 0 Å². The van der Waals surface area contributed by atoms with E-state index in [0.29, 0.717) is 18.0 Å². The van der Waals surface area contributed by atoms with E-state index in [-0.39, 0.29) is 6.10 Å². The first-order valence-corrected chi connectivity index (χ1v) is 8.91. The fraction of sp³-hybridized carbons (Fsp3) is 0.600. The minimum absolute atomic E-state index is 0.185. The van der Waals surface area contributed by atoms with Crippen molar-refractivity contribution in [3.63, 3.8) is 0 Å². The van der Waals surface area contributed by atoms with E-state index in [9.17, 15) is 8.42 Å². The Kier molecular flexibility index (Phi) is 4.31. The van der Waals surface area contributed by atoms with Gasteiger partial charge in [-0.1, -0.05) is 12.1 Å². The highest BCUT2D eigenvalue weighted by atomic mass is 32.2. The Hall–Kier alpha value is -0.950. The number of piperidine rings is 1. The molecule has 0 radical (unpaired) electrons. The molecule has 0 unspecified atom stereocenters. The van der Waals surface area contributed by atoms with Crippen LogP contribution in [0.1, 0.15) is 24.0 Å². The summed E-state index contributed by atoms with van der Waals surface area (Å²) < 4.78 is 32.8. The molecule has 1 N–H and O–H groups in total. The Labute approximate surface area is 126 Å². The maximum atomic E-state index is 12.9. The molecule has 3 rings (SSSR count). The molecule has 1 aromatic rings. The number of sulfonamides is 1. The van der Waals surface area contributed by atoms with Gasteiger partial charge in [-0.2, -0.15) is 4.31 Å². The van der Waals surface area contributed by atoms with Crippen LogP contribution in [0.3, 0.4) is 0 Å². The van der Waals surface area contributed by atoms with E-state index in [0.717, 1.165) is 43.5 Å². The number of methoxy groups -OCH3 is 1. The van der Waals surface area contributed by atoms with Crippen molar-refractivity contribution in [2.75, 3.05) is 26.7 Å². The second-order valence-electron chi connectivity index (χ2n) is 5.66. The van der Waals surface area contributed by atoms with E-state index in [1.165, 1.54) is 0 Å². The third-order valence-corrected chi connectivity index (χ3v) is 6.43. The van der Waals surface area contributed by atoms with Crippen LogP contribution in [0.25, 0.3) is 0 Å². The molecule has 2 heterocycles. The lowest BCUT2D eigenvalue weighted by molar-refractivity contribution is 0.0604. The Morgan fingerprint density at radius 1 is 1.29 bits per heavy atom. The van der Waals surface area contributed by atoms with E-state index in [1.54, 1.807) is 17.5 Å². The highest BCUT2D eigenvalue weighted by molar-refractivity contribution is 7.89. The van der Waals surface area contributed by atoms with Gasteiger partial charge < -0.3 is 10.1 Å². The van der Waals surface area contributed by atoms with Crippen molar-refractivity contribution < 1.29 is 13.2 Å². The minimum atomic E-state index is -3.39. The largest absolute Gasteiger partial charge is 0.381 e. The Bertz CT molecular complexity index is 607. The summed E-state index contributed by atoms with van der Waals surface area (Å²) in [6.07, 6.45) is 2.50. The van der Waals surface area contributed by atoms with Crippen molar-refractivity contribution in [1.82, 2.24) is 9.62 Å². The van der Waals surface area contributed by atoms with E-state index in [2.05, 4.69) is 5.32 Å². The number of fused-ring (bicyclic) bond motifs is 1. The molecule has 1 aromatic carbocycles. The van der Waals surface area contributed by atoms with Gasteiger partial charge in [0, 0.05) is 26.7 Å². The number of nitrogens with one attached hydrogen (secondary N) is 1. The van der Waals surface area contributed by atoms with Gasteiger partial charge in [0.25, 0.3) is 0 Å². The average molecular weight is 310 g/mol. The highest BCUT2D eigenvalue weighted by Gasteiger charge is 2.31. The molecule has 0 atom stereocenters. The summed E-state index contributed by atoms with van der Waals surface area (Å²) in [4.78, 5) is 0.498. The first kappa shape index (κ1) is 15.0. The third kappa shape index (κ3) is 2.85. The van der Waals surface area contributed by atoms with Gasteiger partial charge in [-0.05, 0) is 43.0 Å². The second kappa shape index (κ2) is 6.04. The van der Waals surface area contributed by atoms with E-state index in [1.807, 2.05) is 12.1 Å². The summed E-state index contributed by atoms with van der Waals surface area (Å²) in [5.41, 5.74) is 2.10. The number of ether oxygens (including phenoxy) is 1. The van der Waals surface area contributed by atoms with Gasteiger partial charge in [-0.3, -0.25) is 0 Å². The maximum absolute atomic E-state index is 12.9. The molecule has 0 saturated carbocycles. The molecule has 0 spiro atoms. The SMILES string of the molecule is COC1CCN(S(=O)(=O)c2cccc3c2CCNC3)CC1. The van der Waals surface area contributed by atoms with Crippen LogP contribution in [-0.4, -0.2) is 45.6 Å². The third-order valence-electron chi connectivity index (χ3n) is 4.45. The Morgan fingerprint density at radius 2 is 2.05 bits per heavy atom. The standard InChI is InChI=1S/C15H22N2O3S/c1-20-13-6-9-17(10-7-13)21(18,19)15-4-2-3-12-11-16-8-5-14(12)15/h2-4,13,16H,5-11H2,1H3. The van der Waals surface area contributed by atoms with Gasteiger partial charge >= 0.3 is 0 Å². The lowest BCUT2D eigenvalue weighted by Crippen LogP contribution is -2.41. The predicted molar refractivity (Wildman–Crippen MR) is 80.6 cm³/mol. The van der Waals surface area contributed by atoms with Gasteiger partial charge in [0.15, 0.2) is 0 Å². The number of rotatable bonds is 3. The van der Waals surface area contributed by atoms with Gasteiger partial charge in [-0.15, -0.1) is 0 Å². The van der Waals surface area contributed by atoms with Crippen LogP contribution >= 0.6 is 0 Å². The van der Waals surface area contributed by atoms with E-state index in [4.69, 9.17) is 4.74 Å². The molecule has 6 heteroatoms. The first-order valence-electron chi connectivity index (χ1n) is 7.47. The topological polar surface area (TPSA) is 58.6 Å². The molecule has 1 saturated heterocycles. The fourth-order valence-corrected chi connectivity index (χ4v) is 4.95. The minimum Gasteiger partial charge on any atom is -0.381 e. The molecule has 1 fully saturated rings. The van der Waals surface area contributed by atoms with Crippen LogP contribution in [0.2, 0.25) is 0 Å². The average Bonchev–Trinajstić information content (AvgIpc) is 2.54. The molecule has 2 aliphatic rings. The van der Waals surface area contributed by atoms with Crippen LogP contribution in [0.4, 0.5) is 0 Å². The molecule has 0 aliphatic carbocycles. The van der Waals surface area contributed by atoms with Gasteiger partial charge in [-0.25, -0.2) is 8.42 Å². The first-order chi connectivity index (χ1) is 10.1. The molecule has 5 nitrogen and oxygen atoms in total. The van der Waals surface area contributed by atoms with Crippen molar-refractivity contribution in [2.45, 2.75) is 36.8 Å². The van der Waals surface area contributed by atoms with Gasteiger partial charge in [0.05, 0.1) is 11.0 Å². The van der Waals surface area contributed by atoms with Crippen molar-refractivity contribution >= 4 is 10.0 Å². The van der Waals surface area contributed by atoms with Gasteiger partial charge in [0.2, 0.25) is 10.0 Å². The summed E-state index contributed by atoms with van der Waals surface area (Å²) in [6, 6.07) is 5.61. The molecule has 2 aliphatic heterocycles. The fourth-order valence-electron chi connectivity index (χ4n) is 3.19. The van der Waals surface area contributed by atoms with Crippen molar-refractivity contribution in [1.29, 1.82) is 0 Å². The predicted octanol–water partition coefficient (Wildman–Crippen LogP) is 1.13. The zero-order chi connectivity index (χ0) is 14.9. The molecule has 0 bridgehead atoms. The van der Waals surface area contributed by atoms with Crippen LogP contribution in [0.15, 0.2) is 23.1 Å². The smallest absolute Gasteiger partial charge is 0.243 e. The molecular formula is C15H22N2O3S. The monoisotopic (exact) mass is 310 g/mol. The summed E-state index contributed by atoms with van der Waals surface area (Å²) in [7, 11) is -1.70. The lowest BCUT2D eigenvalue weighted by atomic mass is 10.0. The maximum Gasteiger partial charge on any atom is 0.243 e. The number of nitrogens with zero attached hydrogens (tertiary/aromatic N) is 1. The summed E-state index contributed by atoms with van der Waals surface area (Å²) >= 11 is 0. The number of benzene rings is 1. The summed E-state index contributed by atoms with van der Waals surface area (Å²) in [5, 5.41) is 3.29. The number of hydrogen-bond donors (Lipinski definition) is 1. The van der Waals surface area contributed by atoms with Crippen molar-refractivity contribution in [2.24, 2.45) is 0 Å². The van der Waals surface area contributed by atoms with Crippen LogP contribution in [0.5, 0.6) is 0 Å². The van der Waals surface area contributed by atoms with Crippen molar-refractivity contribution in [3.8, 4) is 0 Å². The van der Waals surface area contributed by atoms with Crippen LogP contribution in [-0.2, 0) is 27.7 Å². The molecule has 0 aromatic heterocycles. The highest BCUT2D eigenvalue weighted by Crippen LogP contribution is 2.27. The zero-order valence-corrected chi connectivity index (χ0v) is 13.2. The quantitative estimate of drug-likeness (QED) is 0.909. The van der Waals surface area contributed by atoms with Gasteiger partial charge in [0.1, 0.15) is 0 Å². The van der Waals surface area contributed by atoms with E-state index < -0.39 is 10.0 Å².